The van der Waals surface area contributed by atoms with Crippen molar-refractivity contribution in [1.29, 1.82) is 0 Å². The van der Waals surface area contributed by atoms with E-state index in [2.05, 4.69) is 25.4 Å². The van der Waals surface area contributed by atoms with Gasteiger partial charge in [-0.05, 0) is 44.0 Å². The van der Waals surface area contributed by atoms with Crippen LogP contribution in [0, 0.1) is 13.8 Å². The van der Waals surface area contributed by atoms with Crippen molar-refractivity contribution in [2.45, 2.75) is 26.8 Å². The van der Waals surface area contributed by atoms with E-state index in [0.717, 1.165) is 48.8 Å². The quantitative estimate of drug-likeness (QED) is 0.782. The molecule has 0 unspecified atom stereocenters. The summed E-state index contributed by atoms with van der Waals surface area (Å²) in [6.07, 6.45) is 1.79. The molecular formula is C22H29N5O2. The molecule has 0 bridgehead atoms. The van der Waals surface area contributed by atoms with Crippen molar-refractivity contribution < 1.29 is 9.59 Å². The van der Waals surface area contributed by atoms with Crippen LogP contribution in [0.25, 0.3) is 0 Å². The van der Waals surface area contributed by atoms with E-state index in [-0.39, 0.29) is 24.4 Å². The Balaban J connectivity index is 1.45. The second kappa shape index (κ2) is 9.52. The van der Waals surface area contributed by atoms with Gasteiger partial charge in [-0.25, -0.2) is 4.98 Å². The van der Waals surface area contributed by atoms with E-state index in [1.807, 2.05) is 57.2 Å². The van der Waals surface area contributed by atoms with Gasteiger partial charge < -0.3 is 15.5 Å². The van der Waals surface area contributed by atoms with Crippen LogP contribution in [0.4, 0.5) is 11.5 Å². The van der Waals surface area contributed by atoms with Crippen molar-refractivity contribution in [2.24, 2.45) is 0 Å². The third kappa shape index (κ3) is 5.32. The number of rotatable bonds is 6. The SMILES string of the molecule is Cc1cccc(C)c1NC(=O)CNC(=O)[C@H](C)N1CCN(c2ccccn2)CC1. The van der Waals surface area contributed by atoms with Gasteiger partial charge in [0.05, 0.1) is 12.6 Å². The van der Waals surface area contributed by atoms with Crippen LogP contribution in [0.1, 0.15) is 18.1 Å². The van der Waals surface area contributed by atoms with Crippen molar-refractivity contribution in [3.63, 3.8) is 0 Å². The number of amides is 2. The maximum atomic E-state index is 12.5. The second-order valence-corrected chi connectivity index (χ2v) is 7.42. The number of piperazine rings is 1. The number of pyridine rings is 1. The molecule has 7 heteroatoms. The fourth-order valence-electron chi connectivity index (χ4n) is 3.56. The van der Waals surface area contributed by atoms with Crippen molar-refractivity contribution in [3.8, 4) is 0 Å². The van der Waals surface area contributed by atoms with Gasteiger partial charge in [0.2, 0.25) is 11.8 Å². The molecule has 0 spiro atoms. The van der Waals surface area contributed by atoms with Crippen molar-refractivity contribution in [2.75, 3.05) is 42.9 Å². The highest BCUT2D eigenvalue weighted by Crippen LogP contribution is 2.19. The van der Waals surface area contributed by atoms with Crippen LogP contribution in [-0.4, -0.2) is 60.5 Å². The van der Waals surface area contributed by atoms with Crippen LogP contribution in [-0.2, 0) is 9.59 Å². The first-order chi connectivity index (χ1) is 14.0. The van der Waals surface area contributed by atoms with E-state index in [1.165, 1.54) is 0 Å². The van der Waals surface area contributed by atoms with Gasteiger partial charge in [-0.2, -0.15) is 0 Å². The number of nitrogens with zero attached hydrogens (tertiary/aromatic N) is 3. The van der Waals surface area contributed by atoms with Crippen LogP contribution in [0.5, 0.6) is 0 Å². The summed E-state index contributed by atoms with van der Waals surface area (Å²) in [7, 11) is 0. The normalized spacial score (nSPS) is 15.6. The lowest BCUT2D eigenvalue weighted by molar-refractivity contribution is -0.128. The highest BCUT2D eigenvalue weighted by molar-refractivity contribution is 5.96. The summed E-state index contributed by atoms with van der Waals surface area (Å²) in [6.45, 7) is 8.95. The molecule has 2 N–H and O–H groups in total. The molecule has 1 aliphatic rings. The Hall–Kier alpha value is -2.93. The average Bonchev–Trinajstić information content (AvgIpc) is 2.75. The number of hydrogen-bond acceptors (Lipinski definition) is 5. The van der Waals surface area contributed by atoms with Gasteiger partial charge in [0.25, 0.3) is 0 Å². The molecule has 1 aromatic carbocycles. The molecule has 7 nitrogen and oxygen atoms in total. The Morgan fingerprint density at radius 1 is 1.03 bits per heavy atom. The monoisotopic (exact) mass is 395 g/mol. The van der Waals surface area contributed by atoms with E-state index in [4.69, 9.17) is 0 Å². The number of para-hydroxylation sites is 1. The standard InChI is InChI=1S/C22H29N5O2/c1-16-7-6-8-17(2)21(16)25-20(28)15-24-22(29)18(3)26-11-13-27(14-12-26)19-9-4-5-10-23-19/h4-10,18H,11-15H2,1-3H3,(H,24,29)(H,25,28)/t18-/m0/s1. The van der Waals surface area contributed by atoms with Gasteiger partial charge >= 0.3 is 0 Å². The first-order valence-electron chi connectivity index (χ1n) is 9.99. The summed E-state index contributed by atoms with van der Waals surface area (Å²) in [5, 5.41) is 5.66. The predicted octanol–water partition coefficient (Wildman–Crippen LogP) is 1.96. The lowest BCUT2D eigenvalue weighted by atomic mass is 10.1. The third-order valence-electron chi connectivity index (χ3n) is 5.38. The largest absolute Gasteiger partial charge is 0.354 e. The maximum absolute atomic E-state index is 12.5. The van der Waals surface area contributed by atoms with Gasteiger partial charge in [0.1, 0.15) is 5.82 Å². The van der Waals surface area contributed by atoms with Gasteiger partial charge in [-0.3, -0.25) is 14.5 Å². The molecule has 1 aromatic heterocycles. The maximum Gasteiger partial charge on any atom is 0.243 e. The Morgan fingerprint density at radius 2 is 1.72 bits per heavy atom. The predicted molar refractivity (Wildman–Crippen MR) is 115 cm³/mol. The Bertz CT molecular complexity index is 827. The second-order valence-electron chi connectivity index (χ2n) is 7.42. The molecule has 2 amide bonds. The molecule has 154 valence electrons. The number of nitrogens with one attached hydrogen (secondary N) is 2. The molecule has 1 atom stereocenters. The van der Waals surface area contributed by atoms with Crippen molar-refractivity contribution in [1.82, 2.24) is 15.2 Å². The third-order valence-corrected chi connectivity index (χ3v) is 5.38. The van der Waals surface area contributed by atoms with E-state index in [0.29, 0.717) is 0 Å². The van der Waals surface area contributed by atoms with Crippen molar-refractivity contribution >= 4 is 23.3 Å². The molecule has 0 aliphatic carbocycles. The Morgan fingerprint density at radius 3 is 2.34 bits per heavy atom. The number of aromatic nitrogens is 1. The lowest BCUT2D eigenvalue weighted by Gasteiger charge is -2.37. The summed E-state index contributed by atoms with van der Waals surface area (Å²) < 4.78 is 0. The minimum absolute atomic E-state index is 0.0369. The molecular weight excluding hydrogens is 366 g/mol. The minimum atomic E-state index is -0.283. The number of anilines is 2. The summed E-state index contributed by atoms with van der Waals surface area (Å²) in [5.74, 6) is 0.614. The zero-order valence-electron chi connectivity index (χ0n) is 17.3. The summed E-state index contributed by atoms with van der Waals surface area (Å²) in [4.78, 5) is 33.5. The smallest absolute Gasteiger partial charge is 0.243 e. The number of benzene rings is 1. The number of aryl methyl sites for hydroxylation is 2. The van der Waals surface area contributed by atoms with E-state index < -0.39 is 0 Å². The number of carbonyl (C=O) groups is 2. The van der Waals surface area contributed by atoms with Gasteiger partial charge in [-0.15, -0.1) is 0 Å². The highest BCUT2D eigenvalue weighted by Gasteiger charge is 2.26. The number of carbonyl (C=O) groups excluding carboxylic acids is 2. The van der Waals surface area contributed by atoms with Gasteiger partial charge in [-0.1, -0.05) is 24.3 Å². The van der Waals surface area contributed by atoms with E-state index in [9.17, 15) is 9.59 Å². The zero-order valence-corrected chi connectivity index (χ0v) is 17.3. The molecule has 0 radical (unpaired) electrons. The van der Waals surface area contributed by atoms with Crippen LogP contribution in [0.15, 0.2) is 42.6 Å². The van der Waals surface area contributed by atoms with Crippen LogP contribution < -0.4 is 15.5 Å². The molecule has 29 heavy (non-hydrogen) atoms. The van der Waals surface area contributed by atoms with Gasteiger partial charge in [0.15, 0.2) is 0 Å². The molecule has 2 heterocycles. The summed E-state index contributed by atoms with van der Waals surface area (Å²) in [5.41, 5.74) is 2.82. The fourth-order valence-corrected chi connectivity index (χ4v) is 3.56. The van der Waals surface area contributed by atoms with E-state index >= 15 is 0 Å². The van der Waals surface area contributed by atoms with E-state index in [1.54, 1.807) is 6.20 Å². The first kappa shape index (κ1) is 20.8. The van der Waals surface area contributed by atoms with Crippen LogP contribution in [0.2, 0.25) is 0 Å². The molecule has 1 aliphatic heterocycles. The van der Waals surface area contributed by atoms with Gasteiger partial charge in [0, 0.05) is 38.1 Å². The number of hydrogen-bond donors (Lipinski definition) is 2. The Kier molecular flexibility index (Phi) is 6.82. The molecule has 1 fully saturated rings. The first-order valence-corrected chi connectivity index (χ1v) is 9.99. The average molecular weight is 396 g/mol. The molecule has 1 saturated heterocycles. The minimum Gasteiger partial charge on any atom is -0.354 e. The highest BCUT2D eigenvalue weighted by atomic mass is 16.2. The van der Waals surface area contributed by atoms with Crippen molar-refractivity contribution in [3.05, 3.63) is 53.7 Å². The fraction of sp³-hybridized carbons (Fsp3) is 0.409. The summed E-state index contributed by atoms with van der Waals surface area (Å²) >= 11 is 0. The summed E-state index contributed by atoms with van der Waals surface area (Å²) in [6, 6.07) is 11.5. The lowest BCUT2D eigenvalue weighted by Crippen LogP contribution is -2.54. The Labute approximate surface area is 172 Å². The molecule has 0 saturated carbocycles. The molecule has 2 aromatic rings. The molecule has 3 rings (SSSR count). The zero-order chi connectivity index (χ0) is 20.8. The van der Waals surface area contributed by atoms with Crippen LogP contribution >= 0.6 is 0 Å². The van der Waals surface area contributed by atoms with Crippen LogP contribution in [0.3, 0.4) is 0 Å². The topological polar surface area (TPSA) is 77.6 Å².